The number of hydrogen-bond acceptors (Lipinski definition) is 2. The minimum absolute atomic E-state index is 0. The van der Waals surface area contributed by atoms with Gasteiger partial charge in [0.1, 0.15) is 5.95 Å². The van der Waals surface area contributed by atoms with Crippen LogP contribution in [-0.2, 0) is 0 Å². The molecule has 8 heavy (non-hydrogen) atoms. The van der Waals surface area contributed by atoms with Crippen LogP contribution in [0.25, 0.3) is 0 Å². The second-order valence-corrected chi connectivity index (χ2v) is 0.959. The topological polar surface area (TPSA) is 25.8 Å². The fraction of sp³-hybridized carbons (Fsp3) is 0. The smallest absolute Gasteiger partial charge is 0.453 e. The maximum Gasteiger partial charge on any atom is 1.00 e. The predicted molar refractivity (Wildman–Crippen MR) is 20.8 cm³/mol. The van der Waals surface area contributed by atoms with E-state index in [1.807, 2.05) is 6.20 Å². The molecule has 0 aliphatic heterocycles. The Bertz CT molecular complexity index is 144. The molecule has 2 nitrogen and oxygen atoms in total. The molecule has 36 valence electrons. The van der Waals surface area contributed by atoms with Crippen LogP contribution in [0.1, 0.15) is 0 Å². The summed E-state index contributed by atoms with van der Waals surface area (Å²) >= 11 is 0. The van der Waals surface area contributed by atoms with E-state index < -0.39 is 5.95 Å². The van der Waals surface area contributed by atoms with Crippen molar-refractivity contribution in [3.05, 3.63) is 24.5 Å². The van der Waals surface area contributed by atoms with Crippen molar-refractivity contribution in [2.24, 2.45) is 0 Å². The van der Waals surface area contributed by atoms with Gasteiger partial charge in [-0.2, -0.15) is 0 Å². The molecule has 0 fully saturated rings. The molecule has 1 aromatic heterocycles. The molecule has 0 unspecified atom stereocenters. The Labute approximate surface area is 58.3 Å². The van der Waals surface area contributed by atoms with E-state index in [2.05, 4.69) is 9.97 Å². The molecule has 0 radical (unpaired) electrons. The first kappa shape index (κ1) is 7.61. The first-order valence-electron chi connectivity index (χ1n) is 1.74. The third-order valence-electron chi connectivity index (χ3n) is 0.486. The summed E-state index contributed by atoms with van der Waals surface area (Å²) in [6, 6.07) is 0. The van der Waals surface area contributed by atoms with Crippen molar-refractivity contribution in [2.75, 3.05) is 0 Å². The number of aromatic nitrogens is 2. The number of nitrogens with zero attached hydrogens (tertiary/aromatic N) is 2. The van der Waals surface area contributed by atoms with Crippen molar-refractivity contribution >= 4 is 0 Å². The summed E-state index contributed by atoms with van der Waals surface area (Å²) in [6.07, 6.45) is 4.64. The largest absolute Gasteiger partial charge is 1.00 e. The first-order valence-corrected chi connectivity index (χ1v) is 1.74. The van der Waals surface area contributed by atoms with Crippen molar-refractivity contribution in [1.29, 1.82) is 0 Å². The minimum Gasteiger partial charge on any atom is -0.453 e. The molecule has 0 aliphatic rings. The van der Waals surface area contributed by atoms with Crippen molar-refractivity contribution in [2.45, 2.75) is 0 Å². The second kappa shape index (κ2) is 3.59. The van der Waals surface area contributed by atoms with E-state index in [4.69, 9.17) is 0 Å². The van der Waals surface area contributed by atoms with Gasteiger partial charge in [0.2, 0.25) is 0 Å². The van der Waals surface area contributed by atoms with E-state index in [1.165, 1.54) is 12.4 Å². The zero-order valence-corrected chi connectivity index (χ0v) is 4.43. The zero-order chi connectivity index (χ0) is 5.11. The summed E-state index contributed by atoms with van der Waals surface area (Å²) in [5.41, 5.74) is 0. The summed E-state index contributed by atoms with van der Waals surface area (Å²) in [4.78, 5) is 6.52. The molecular weight excluding hydrogens is 102 g/mol. The van der Waals surface area contributed by atoms with Crippen LogP contribution >= 0.6 is 0 Å². The van der Waals surface area contributed by atoms with E-state index >= 15 is 0 Å². The van der Waals surface area contributed by atoms with Crippen molar-refractivity contribution in [3.8, 4) is 0 Å². The van der Waals surface area contributed by atoms with Crippen LogP contribution in [0.5, 0.6) is 0 Å². The van der Waals surface area contributed by atoms with Gasteiger partial charge in [0, 0.05) is 0 Å². The number of halogens is 1. The standard InChI is InChI=1S/C4H2FN2.Li/c5-4-3-6-1-2-7-4;/h1-2H;/q-1;+1. The molecule has 0 aliphatic carbocycles. The van der Waals surface area contributed by atoms with Gasteiger partial charge in [0.05, 0.1) is 0 Å². The molecule has 0 atom stereocenters. The van der Waals surface area contributed by atoms with Gasteiger partial charge in [0.25, 0.3) is 0 Å². The molecule has 1 heterocycles. The number of hydrogen-bond donors (Lipinski definition) is 0. The van der Waals surface area contributed by atoms with Gasteiger partial charge in [-0.05, 0) is 6.20 Å². The van der Waals surface area contributed by atoms with Gasteiger partial charge < -0.3 is 4.98 Å². The summed E-state index contributed by atoms with van der Waals surface area (Å²) in [5, 5.41) is 0. The summed E-state index contributed by atoms with van der Waals surface area (Å²) in [7, 11) is 0. The van der Waals surface area contributed by atoms with E-state index in [-0.39, 0.29) is 18.9 Å². The van der Waals surface area contributed by atoms with Gasteiger partial charge in [-0.15, -0.1) is 6.20 Å². The van der Waals surface area contributed by atoms with Crippen LogP contribution in [0, 0.1) is 12.1 Å². The quantitative estimate of drug-likeness (QED) is 0.267. The van der Waals surface area contributed by atoms with Crippen molar-refractivity contribution in [3.63, 3.8) is 0 Å². The van der Waals surface area contributed by atoms with Gasteiger partial charge in [-0.3, -0.25) is 4.98 Å². The van der Waals surface area contributed by atoms with Crippen LogP contribution in [0.2, 0.25) is 0 Å². The zero-order valence-electron chi connectivity index (χ0n) is 4.43. The Hall–Kier alpha value is -0.393. The average molecular weight is 104 g/mol. The van der Waals surface area contributed by atoms with Crippen LogP contribution < -0.4 is 18.9 Å². The Balaban J connectivity index is 0.000000490. The van der Waals surface area contributed by atoms with Gasteiger partial charge >= 0.3 is 18.9 Å². The minimum atomic E-state index is -0.664. The fourth-order valence-electron chi connectivity index (χ4n) is 0.252. The van der Waals surface area contributed by atoms with Crippen LogP contribution in [-0.4, -0.2) is 9.97 Å². The Morgan fingerprint density at radius 2 is 2.25 bits per heavy atom. The summed E-state index contributed by atoms with van der Waals surface area (Å²) in [6.45, 7) is 0. The fourth-order valence-corrected chi connectivity index (χ4v) is 0.252. The van der Waals surface area contributed by atoms with Crippen LogP contribution in [0.4, 0.5) is 4.39 Å². The summed E-state index contributed by atoms with van der Waals surface area (Å²) < 4.78 is 11.7. The van der Waals surface area contributed by atoms with Crippen molar-refractivity contribution < 1.29 is 23.3 Å². The monoisotopic (exact) mass is 104 g/mol. The SMILES string of the molecule is Fc1[c-]nccn1.[Li+]. The molecule has 1 aromatic rings. The molecule has 0 amide bonds. The normalized spacial score (nSPS) is 7.62. The molecule has 1 rings (SSSR count). The molecule has 0 saturated carbocycles. The first-order chi connectivity index (χ1) is 3.39. The molecule has 0 bridgehead atoms. The molecule has 0 N–H and O–H groups in total. The molecule has 0 saturated heterocycles. The predicted octanol–water partition coefficient (Wildman–Crippen LogP) is -2.58. The molecular formula is C4H2FLiN2. The van der Waals surface area contributed by atoms with Crippen LogP contribution in [0.15, 0.2) is 12.4 Å². The molecule has 4 heteroatoms. The summed E-state index contributed by atoms with van der Waals surface area (Å²) in [5.74, 6) is -0.664. The van der Waals surface area contributed by atoms with E-state index in [9.17, 15) is 4.39 Å². The van der Waals surface area contributed by atoms with Crippen LogP contribution in [0.3, 0.4) is 0 Å². The molecule has 0 spiro atoms. The van der Waals surface area contributed by atoms with E-state index in [0.717, 1.165) is 0 Å². The van der Waals surface area contributed by atoms with Crippen molar-refractivity contribution in [1.82, 2.24) is 9.97 Å². The van der Waals surface area contributed by atoms with E-state index in [0.29, 0.717) is 0 Å². The Kier molecular flexibility index (Phi) is 3.41. The number of rotatable bonds is 0. The Morgan fingerprint density at radius 1 is 1.50 bits per heavy atom. The average Bonchev–Trinajstić information content (AvgIpc) is 1.69. The maximum absolute atomic E-state index is 11.7. The molecule has 0 aromatic carbocycles. The van der Waals surface area contributed by atoms with E-state index in [1.54, 1.807) is 0 Å². The van der Waals surface area contributed by atoms with Gasteiger partial charge in [-0.1, -0.05) is 6.20 Å². The third-order valence-corrected chi connectivity index (χ3v) is 0.486. The Morgan fingerprint density at radius 3 is 2.50 bits per heavy atom. The maximum atomic E-state index is 11.7. The van der Waals surface area contributed by atoms with Gasteiger partial charge in [0.15, 0.2) is 0 Å². The third kappa shape index (κ3) is 2.06. The second-order valence-electron chi connectivity index (χ2n) is 0.959. The van der Waals surface area contributed by atoms with Gasteiger partial charge in [-0.25, -0.2) is 4.39 Å².